The van der Waals surface area contributed by atoms with Crippen molar-refractivity contribution in [3.63, 3.8) is 0 Å². The third kappa shape index (κ3) is 3.45. The highest BCUT2D eigenvalue weighted by Crippen LogP contribution is 2.44. The fourth-order valence-corrected chi connectivity index (χ4v) is 3.42. The van der Waals surface area contributed by atoms with Gasteiger partial charge in [-0.3, -0.25) is 0 Å². The third-order valence-corrected chi connectivity index (χ3v) is 4.85. The van der Waals surface area contributed by atoms with E-state index in [2.05, 4.69) is 0 Å². The number of hydrogen-bond donors (Lipinski definition) is 1. The Labute approximate surface area is 136 Å². The first-order valence-electron chi connectivity index (χ1n) is 8.30. The molecule has 1 fully saturated rings. The maximum atomic E-state index is 14.6. The molecule has 1 aliphatic rings. The molecule has 1 atom stereocenters. The van der Waals surface area contributed by atoms with Gasteiger partial charge in [0.05, 0.1) is 0 Å². The molecule has 0 aliphatic heterocycles. The molecule has 0 aromatic heterocycles. The Morgan fingerprint density at radius 2 is 1.39 bits per heavy atom. The summed E-state index contributed by atoms with van der Waals surface area (Å²) < 4.78 is 29.1. The van der Waals surface area contributed by atoms with Gasteiger partial charge in [-0.1, -0.05) is 73.9 Å². The second-order valence-electron chi connectivity index (χ2n) is 6.40. The third-order valence-electron chi connectivity index (χ3n) is 4.85. The van der Waals surface area contributed by atoms with Gasteiger partial charge in [0.25, 0.3) is 5.92 Å². The molecule has 3 rings (SSSR count). The predicted molar refractivity (Wildman–Crippen MR) is 88.4 cm³/mol. The number of halogens is 2. The molecular formula is C20H22F2O. The van der Waals surface area contributed by atoms with Gasteiger partial charge >= 0.3 is 0 Å². The van der Waals surface area contributed by atoms with Gasteiger partial charge in [-0.15, -0.1) is 0 Å². The molecule has 2 aromatic rings. The van der Waals surface area contributed by atoms with E-state index in [4.69, 9.17) is 0 Å². The van der Waals surface area contributed by atoms with Crippen LogP contribution in [0.3, 0.4) is 0 Å². The van der Waals surface area contributed by atoms with Gasteiger partial charge in [-0.05, 0) is 29.5 Å². The van der Waals surface area contributed by atoms with Gasteiger partial charge in [-0.2, -0.15) is 0 Å². The average Bonchev–Trinajstić information content (AvgIpc) is 2.63. The lowest BCUT2D eigenvalue weighted by atomic mass is 9.81. The Hall–Kier alpha value is -1.74. The minimum atomic E-state index is -3.06. The number of rotatable bonds is 4. The highest BCUT2D eigenvalue weighted by atomic mass is 19.3. The van der Waals surface area contributed by atoms with Gasteiger partial charge in [-0.25, -0.2) is 8.78 Å². The Balaban J connectivity index is 1.78. The van der Waals surface area contributed by atoms with E-state index < -0.39 is 17.9 Å². The van der Waals surface area contributed by atoms with Crippen LogP contribution in [0.2, 0.25) is 0 Å². The minimum absolute atomic E-state index is 0.292. The molecule has 0 saturated heterocycles. The highest BCUT2D eigenvalue weighted by Gasteiger charge is 2.46. The van der Waals surface area contributed by atoms with Crippen molar-refractivity contribution in [3.05, 3.63) is 60.2 Å². The molecule has 1 N–H and O–H groups in total. The molecule has 3 heteroatoms. The second-order valence-corrected chi connectivity index (χ2v) is 6.40. The normalized spacial score (nSPS) is 17.9. The predicted octanol–water partition coefficient (Wildman–Crippen LogP) is 5.60. The summed E-state index contributed by atoms with van der Waals surface area (Å²) in [4.78, 5) is 0. The van der Waals surface area contributed by atoms with Gasteiger partial charge in [0.2, 0.25) is 0 Å². The maximum Gasteiger partial charge on any atom is 0.280 e. The summed E-state index contributed by atoms with van der Waals surface area (Å²) in [6.07, 6.45) is 1.97. The molecule has 1 aliphatic carbocycles. The SMILES string of the molecule is OC(c1ccc(-c2ccccc2)cc1)C(F)(F)C1CCCCC1. The minimum Gasteiger partial charge on any atom is -0.382 e. The van der Waals surface area contributed by atoms with Crippen LogP contribution in [-0.2, 0) is 0 Å². The molecular weight excluding hydrogens is 294 g/mol. The monoisotopic (exact) mass is 316 g/mol. The molecule has 1 unspecified atom stereocenters. The van der Waals surface area contributed by atoms with Crippen LogP contribution in [0.25, 0.3) is 11.1 Å². The number of aliphatic hydroxyl groups excluding tert-OH is 1. The Morgan fingerprint density at radius 3 is 2.00 bits per heavy atom. The molecule has 122 valence electrons. The number of benzene rings is 2. The number of alkyl halides is 2. The van der Waals surface area contributed by atoms with Crippen LogP contribution in [0.1, 0.15) is 43.8 Å². The highest BCUT2D eigenvalue weighted by molar-refractivity contribution is 5.63. The van der Waals surface area contributed by atoms with E-state index in [-0.39, 0.29) is 0 Å². The van der Waals surface area contributed by atoms with Crippen LogP contribution < -0.4 is 0 Å². The van der Waals surface area contributed by atoms with Gasteiger partial charge in [0, 0.05) is 5.92 Å². The lowest BCUT2D eigenvalue weighted by Crippen LogP contribution is -2.36. The van der Waals surface area contributed by atoms with Gasteiger partial charge < -0.3 is 5.11 Å². The molecule has 0 amide bonds. The van der Waals surface area contributed by atoms with E-state index in [0.717, 1.165) is 30.4 Å². The average molecular weight is 316 g/mol. The zero-order valence-electron chi connectivity index (χ0n) is 13.1. The number of aliphatic hydroxyl groups is 1. The van der Waals surface area contributed by atoms with E-state index in [1.807, 2.05) is 30.3 Å². The van der Waals surface area contributed by atoms with Crippen LogP contribution in [0.4, 0.5) is 8.78 Å². The fourth-order valence-electron chi connectivity index (χ4n) is 3.42. The van der Waals surface area contributed by atoms with Crippen molar-refractivity contribution in [2.24, 2.45) is 5.92 Å². The van der Waals surface area contributed by atoms with Crippen molar-refractivity contribution in [2.75, 3.05) is 0 Å². The first-order chi connectivity index (χ1) is 11.1. The Kier molecular flexibility index (Phi) is 4.76. The first-order valence-corrected chi connectivity index (χ1v) is 8.30. The summed E-state index contributed by atoms with van der Waals surface area (Å²) in [5.74, 6) is -3.77. The molecule has 0 heterocycles. The summed E-state index contributed by atoms with van der Waals surface area (Å²) in [5, 5.41) is 10.2. The molecule has 23 heavy (non-hydrogen) atoms. The van der Waals surface area contributed by atoms with E-state index in [1.54, 1.807) is 24.3 Å². The molecule has 0 bridgehead atoms. The molecule has 0 spiro atoms. The molecule has 2 aromatic carbocycles. The van der Waals surface area contributed by atoms with Crippen LogP contribution in [0, 0.1) is 5.92 Å². The largest absolute Gasteiger partial charge is 0.382 e. The van der Waals surface area contributed by atoms with Crippen LogP contribution in [0.5, 0.6) is 0 Å². The first kappa shape index (κ1) is 16.1. The van der Waals surface area contributed by atoms with Gasteiger partial charge in [0.1, 0.15) is 6.10 Å². The van der Waals surface area contributed by atoms with Crippen molar-refractivity contribution in [3.8, 4) is 11.1 Å². The summed E-state index contributed by atoms with van der Waals surface area (Å²) in [6.45, 7) is 0. The summed E-state index contributed by atoms with van der Waals surface area (Å²) in [7, 11) is 0. The summed E-state index contributed by atoms with van der Waals surface area (Å²) in [6, 6.07) is 16.6. The van der Waals surface area contributed by atoms with Gasteiger partial charge in [0.15, 0.2) is 0 Å². The lowest BCUT2D eigenvalue weighted by Gasteiger charge is -2.33. The fraction of sp³-hybridized carbons (Fsp3) is 0.400. The molecule has 0 radical (unpaired) electrons. The number of hydrogen-bond acceptors (Lipinski definition) is 1. The van der Waals surface area contributed by atoms with Crippen LogP contribution in [-0.4, -0.2) is 11.0 Å². The standard InChI is InChI=1S/C20H22F2O/c21-20(22,18-9-5-2-6-10-18)19(23)17-13-11-16(12-14-17)15-7-3-1-4-8-15/h1,3-4,7-8,11-14,18-19,23H,2,5-6,9-10H2. The lowest BCUT2D eigenvalue weighted by molar-refractivity contribution is -0.157. The van der Waals surface area contributed by atoms with E-state index >= 15 is 0 Å². The summed E-state index contributed by atoms with van der Waals surface area (Å²) in [5.41, 5.74) is 2.29. The molecule has 1 saturated carbocycles. The van der Waals surface area contributed by atoms with Crippen molar-refractivity contribution in [1.82, 2.24) is 0 Å². The van der Waals surface area contributed by atoms with Crippen molar-refractivity contribution >= 4 is 0 Å². The zero-order valence-corrected chi connectivity index (χ0v) is 13.1. The Morgan fingerprint density at radius 1 is 0.826 bits per heavy atom. The van der Waals surface area contributed by atoms with Crippen molar-refractivity contribution in [2.45, 2.75) is 44.1 Å². The van der Waals surface area contributed by atoms with E-state index in [9.17, 15) is 13.9 Å². The van der Waals surface area contributed by atoms with E-state index in [0.29, 0.717) is 18.4 Å². The topological polar surface area (TPSA) is 20.2 Å². The Bertz CT molecular complexity index is 616. The quantitative estimate of drug-likeness (QED) is 0.778. The smallest absolute Gasteiger partial charge is 0.280 e. The summed E-state index contributed by atoms with van der Waals surface area (Å²) >= 11 is 0. The van der Waals surface area contributed by atoms with E-state index in [1.165, 1.54) is 0 Å². The zero-order chi connectivity index (χ0) is 16.3. The van der Waals surface area contributed by atoms with Crippen LogP contribution >= 0.6 is 0 Å². The van der Waals surface area contributed by atoms with Crippen molar-refractivity contribution in [1.29, 1.82) is 0 Å². The molecule has 1 nitrogen and oxygen atoms in total. The second kappa shape index (κ2) is 6.79. The maximum absolute atomic E-state index is 14.6. The van der Waals surface area contributed by atoms with Crippen molar-refractivity contribution < 1.29 is 13.9 Å². The van der Waals surface area contributed by atoms with Crippen LogP contribution in [0.15, 0.2) is 54.6 Å².